The fourth-order valence-corrected chi connectivity index (χ4v) is 6.06. The predicted octanol–water partition coefficient (Wildman–Crippen LogP) is 10.8. The molecule has 1 aromatic heterocycles. The molecule has 239 valence electrons. The molecule has 0 atom stereocenters. The Morgan fingerprint density at radius 3 is 2.07 bits per heavy atom. The molecule has 0 bridgehead atoms. The average Bonchev–Trinajstić information content (AvgIpc) is 2.94. The van der Waals surface area contributed by atoms with Gasteiger partial charge in [-0.2, -0.15) is 0 Å². The van der Waals surface area contributed by atoms with Crippen molar-refractivity contribution in [3.8, 4) is 11.3 Å². The van der Waals surface area contributed by atoms with Gasteiger partial charge in [-0.3, -0.25) is 14.8 Å². The van der Waals surface area contributed by atoms with E-state index in [0.29, 0.717) is 5.92 Å². The third-order valence-electron chi connectivity index (χ3n) is 8.83. The summed E-state index contributed by atoms with van der Waals surface area (Å²) >= 11 is 0. The molecule has 1 saturated carbocycles. The number of carbonyl (C=O) groups is 1. The normalized spacial score (nSPS) is 16.7. The van der Waals surface area contributed by atoms with Crippen molar-refractivity contribution < 1.29 is 30.0 Å². The number of carbonyl (C=O) groups excluding carboxylic acids is 1. The molecule has 1 heterocycles. The maximum Gasteiger partial charge on any atom is 0.162 e. The Morgan fingerprint density at radius 2 is 1.51 bits per heavy atom. The zero-order chi connectivity index (χ0) is 30.1. The van der Waals surface area contributed by atoms with Gasteiger partial charge in [-0.1, -0.05) is 74.8 Å². The molecule has 5 heteroatoms. The van der Waals surface area contributed by atoms with Crippen molar-refractivity contribution >= 4 is 16.8 Å². The molecule has 0 aliphatic heterocycles. The number of aliphatic hydroxyl groups excluding tert-OH is 1. The minimum atomic E-state index is 0. The maximum absolute atomic E-state index is 11.7. The summed E-state index contributed by atoms with van der Waals surface area (Å²) in [5, 5.41) is 9.76. The zero-order valence-corrected chi connectivity index (χ0v) is 29.4. The van der Waals surface area contributed by atoms with E-state index in [-0.39, 0.29) is 50.9 Å². The Bertz CT molecular complexity index is 1310. The third-order valence-corrected chi connectivity index (χ3v) is 8.83. The second kappa shape index (κ2) is 18.4. The SMILES string of the molecule is C.CCC(CC)C(=O)C=C(O)C(CC)CC.Cc1[c-]c(-c2nc3cc(C4CCC(C)CC4)ccc3nc2C)cc(C)c1.[Ir]. The molecule has 2 aromatic carbocycles. The quantitative estimate of drug-likeness (QED) is 0.134. The minimum Gasteiger partial charge on any atom is -0.512 e. The van der Waals surface area contributed by atoms with Gasteiger partial charge in [0.15, 0.2) is 5.78 Å². The average molecular weight is 764 g/mol. The summed E-state index contributed by atoms with van der Waals surface area (Å²) in [6.07, 6.45) is 10.2. The number of rotatable bonds is 9. The Balaban J connectivity index is 0.000000474. The zero-order valence-electron chi connectivity index (χ0n) is 27.0. The molecule has 0 unspecified atom stereocenters. The largest absolute Gasteiger partial charge is 0.512 e. The number of aliphatic hydroxyl groups is 1. The van der Waals surface area contributed by atoms with Crippen LogP contribution in [-0.4, -0.2) is 20.9 Å². The van der Waals surface area contributed by atoms with Crippen LogP contribution in [0.1, 0.15) is 122 Å². The summed E-state index contributed by atoms with van der Waals surface area (Å²) in [7, 11) is 0. The summed E-state index contributed by atoms with van der Waals surface area (Å²) in [6.45, 7) is 16.7. The van der Waals surface area contributed by atoms with Gasteiger partial charge in [-0.05, 0) is 75.0 Å². The number of ketones is 1. The van der Waals surface area contributed by atoms with E-state index in [4.69, 9.17) is 9.97 Å². The number of aryl methyl sites for hydroxylation is 3. The van der Waals surface area contributed by atoms with Gasteiger partial charge < -0.3 is 5.11 Å². The molecule has 43 heavy (non-hydrogen) atoms. The van der Waals surface area contributed by atoms with Crippen molar-refractivity contribution in [1.82, 2.24) is 9.97 Å². The number of fused-ring (bicyclic) bond motifs is 1. The second-order valence-corrected chi connectivity index (χ2v) is 12.1. The van der Waals surface area contributed by atoms with Crippen LogP contribution in [0.25, 0.3) is 22.3 Å². The monoisotopic (exact) mass is 764 g/mol. The molecule has 1 radical (unpaired) electrons. The van der Waals surface area contributed by atoms with E-state index >= 15 is 0 Å². The van der Waals surface area contributed by atoms with Crippen molar-refractivity contribution in [2.75, 3.05) is 0 Å². The number of allylic oxidation sites excluding steroid dienone is 2. The van der Waals surface area contributed by atoms with Gasteiger partial charge in [0.2, 0.25) is 0 Å². The summed E-state index contributed by atoms with van der Waals surface area (Å²) < 4.78 is 0. The molecule has 0 spiro atoms. The van der Waals surface area contributed by atoms with E-state index < -0.39 is 0 Å². The van der Waals surface area contributed by atoms with E-state index in [1.165, 1.54) is 42.9 Å². The molecule has 4 nitrogen and oxygen atoms in total. The number of hydrogen-bond acceptors (Lipinski definition) is 4. The number of aromatic nitrogens is 2. The molecular weight excluding hydrogens is 709 g/mol. The van der Waals surface area contributed by atoms with Gasteiger partial charge >= 0.3 is 0 Å². The summed E-state index contributed by atoms with van der Waals surface area (Å²) in [5.74, 6) is 2.10. The molecule has 1 fully saturated rings. The van der Waals surface area contributed by atoms with Crippen LogP contribution >= 0.6 is 0 Å². The Kier molecular flexibility index (Phi) is 16.6. The van der Waals surface area contributed by atoms with Crippen molar-refractivity contribution in [3.63, 3.8) is 0 Å². The van der Waals surface area contributed by atoms with Gasteiger partial charge in [-0.15, -0.1) is 34.9 Å². The fourth-order valence-electron chi connectivity index (χ4n) is 6.06. The molecule has 1 aliphatic rings. The predicted molar refractivity (Wildman–Crippen MR) is 179 cm³/mol. The summed E-state index contributed by atoms with van der Waals surface area (Å²) in [4.78, 5) is 21.5. The van der Waals surface area contributed by atoms with Crippen LogP contribution < -0.4 is 0 Å². The van der Waals surface area contributed by atoms with E-state index in [2.05, 4.69) is 57.2 Å². The number of nitrogens with zero attached hydrogens (tertiary/aromatic N) is 2. The summed E-state index contributed by atoms with van der Waals surface area (Å²) in [6, 6.07) is 14.4. The van der Waals surface area contributed by atoms with Gasteiger partial charge in [0, 0.05) is 49.4 Å². The van der Waals surface area contributed by atoms with Crippen molar-refractivity contribution in [2.24, 2.45) is 17.8 Å². The van der Waals surface area contributed by atoms with Crippen molar-refractivity contribution in [3.05, 3.63) is 70.6 Å². The van der Waals surface area contributed by atoms with Crippen LogP contribution in [0, 0.1) is 44.6 Å². The van der Waals surface area contributed by atoms with Crippen LogP contribution in [0.4, 0.5) is 0 Å². The molecule has 4 rings (SSSR count). The fraction of sp³-hybridized carbons (Fsp3) is 0.553. The second-order valence-electron chi connectivity index (χ2n) is 12.1. The third kappa shape index (κ3) is 10.6. The van der Waals surface area contributed by atoms with Crippen molar-refractivity contribution in [1.29, 1.82) is 0 Å². The smallest absolute Gasteiger partial charge is 0.162 e. The molecule has 0 saturated heterocycles. The van der Waals surface area contributed by atoms with Crippen LogP contribution in [-0.2, 0) is 24.9 Å². The maximum atomic E-state index is 11.7. The minimum absolute atomic E-state index is 0. The van der Waals surface area contributed by atoms with Gasteiger partial charge in [0.1, 0.15) is 0 Å². The van der Waals surface area contributed by atoms with Crippen LogP contribution in [0.2, 0.25) is 0 Å². The summed E-state index contributed by atoms with van der Waals surface area (Å²) in [5.41, 5.74) is 8.78. The van der Waals surface area contributed by atoms with Gasteiger partial charge in [0.25, 0.3) is 0 Å². The number of hydrogen-bond donors (Lipinski definition) is 1. The van der Waals surface area contributed by atoms with Gasteiger partial charge in [0.05, 0.1) is 16.8 Å². The first-order chi connectivity index (χ1) is 19.6. The molecule has 3 aromatic rings. The van der Waals surface area contributed by atoms with E-state index in [0.717, 1.165) is 65.1 Å². The Morgan fingerprint density at radius 1 is 0.907 bits per heavy atom. The van der Waals surface area contributed by atoms with Crippen LogP contribution in [0.5, 0.6) is 0 Å². The van der Waals surface area contributed by atoms with Gasteiger partial charge in [-0.25, -0.2) is 0 Å². The van der Waals surface area contributed by atoms with E-state index in [9.17, 15) is 9.90 Å². The van der Waals surface area contributed by atoms with E-state index in [1.54, 1.807) is 0 Å². The molecule has 1 N–H and O–H groups in total. The first kappa shape index (κ1) is 38.7. The van der Waals surface area contributed by atoms with Crippen molar-refractivity contribution in [2.45, 2.75) is 120 Å². The van der Waals surface area contributed by atoms with E-state index in [1.807, 2.05) is 34.6 Å². The van der Waals surface area contributed by atoms with Crippen LogP contribution in [0.3, 0.4) is 0 Å². The molecule has 1 aliphatic carbocycles. The molecular formula is C38H55IrN2O2-. The molecule has 0 amide bonds. The topological polar surface area (TPSA) is 63.1 Å². The Labute approximate surface area is 275 Å². The number of benzene rings is 2. The first-order valence-electron chi connectivity index (χ1n) is 15.8. The Hall–Kier alpha value is -2.36. The van der Waals surface area contributed by atoms with Crippen LogP contribution in [0.15, 0.2) is 42.2 Å². The standard InChI is InChI=1S/C24H27N2.C13H24O2.CH4.Ir/c1-15-5-7-19(8-6-15)20-9-10-22-23(14-20)26-24(18(4)25-22)21-12-16(2)11-17(3)13-21;1-5-10(6-2)12(14)9-13(15)11(7-3)8-4;;/h9-12,14-15,19H,5-8H2,1-4H3;9-11,14H,5-8H2,1-4H3;1H4;/q-1;;;. The first-order valence-corrected chi connectivity index (χ1v) is 15.8.